The van der Waals surface area contributed by atoms with E-state index in [0.717, 1.165) is 0 Å². The van der Waals surface area contributed by atoms with Crippen LogP contribution < -0.4 is 5.32 Å². The Morgan fingerprint density at radius 3 is 2.19 bits per heavy atom. The van der Waals surface area contributed by atoms with E-state index in [9.17, 15) is 19.7 Å². The van der Waals surface area contributed by atoms with Crippen molar-refractivity contribution >= 4 is 23.1 Å². The number of nitrogens with zero attached hydrogens (tertiary/aromatic N) is 1. The zero-order chi connectivity index (χ0) is 18.5. The van der Waals surface area contributed by atoms with Gasteiger partial charge in [0.2, 0.25) is 0 Å². The number of non-ortho nitro benzene ring substituents is 1. The van der Waals surface area contributed by atoms with E-state index in [1.54, 1.807) is 48.5 Å². The van der Waals surface area contributed by atoms with Crippen molar-refractivity contribution in [3.05, 3.63) is 106 Å². The van der Waals surface area contributed by atoms with Gasteiger partial charge in [-0.2, -0.15) is 0 Å². The first kappa shape index (κ1) is 17.0. The number of para-hydroxylation sites is 1. The number of carbonyl (C=O) groups is 2. The number of carbonyl (C=O) groups excluding carboxylic acids is 2. The Kier molecular flexibility index (Phi) is 4.85. The van der Waals surface area contributed by atoms with Crippen LogP contribution in [0.15, 0.2) is 78.9 Å². The molecule has 3 rings (SSSR count). The second-order valence-corrected chi connectivity index (χ2v) is 5.50. The number of nitro benzene ring substituents is 1. The molecular weight excluding hydrogens is 332 g/mol. The van der Waals surface area contributed by atoms with E-state index in [1.807, 2.05) is 6.07 Å². The molecule has 0 aliphatic carbocycles. The highest BCUT2D eigenvalue weighted by molar-refractivity contribution is 6.15. The van der Waals surface area contributed by atoms with E-state index in [2.05, 4.69) is 5.32 Å². The van der Waals surface area contributed by atoms with Gasteiger partial charge in [0.25, 0.3) is 11.6 Å². The molecule has 6 nitrogen and oxygen atoms in total. The van der Waals surface area contributed by atoms with Gasteiger partial charge in [0.1, 0.15) is 0 Å². The molecule has 0 aromatic heterocycles. The van der Waals surface area contributed by atoms with Gasteiger partial charge in [0.15, 0.2) is 5.78 Å². The van der Waals surface area contributed by atoms with Gasteiger partial charge in [-0.25, -0.2) is 0 Å². The number of hydrogen-bond acceptors (Lipinski definition) is 4. The molecule has 3 aromatic rings. The maximum Gasteiger partial charge on any atom is 0.270 e. The number of anilines is 1. The molecule has 0 radical (unpaired) electrons. The molecule has 0 fully saturated rings. The number of benzene rings is 3. The third-order valence-corrected chi connectivity index (χ3v) is 3.78. The van der Waals surface area contributed by atoms with Gasteiger partial charge in [-0.05, 0) is 18.2 Å². The summed E-state index contributed by atoms with van der Waals surface area (Å²) in [6.07, 6.45) is 0. The van der Waals surface area contributed by atoms with E-state index in [-0.39, 0.29) is 17.0 Å². The standard InChI is InChI=1S/C20H14N2O4/c23-19(14-7-2-1-3-8-14)17-11-4-5-12-18(17)21-20(24)15-9-6-10-16(13-15)22(25)26/h1-13H,(H,21,24). The Labute approximate surface area is 149 Å². The number of hydrogen-bond donors (Lipinski definition) is 1. The van der Waals surface area contributed by atoms with Crippen molar-refractivity contribution < 1.29 is 14.5 Å². The van der Waals surface area contributed by atoms with Crippen molar-refractivity contribution in [1.82, 2.24) is 0 Å². The summed E-state index contributed by atoms with van der Waals surface area (Å²) in [4.78, 5) is 35.4. The number of rotatable bonds is 5. The van der Waals surface area contributed by atoms with Crippen LogP contribution in [0.1, 0.15) is 26.3 Å². The van der Waals surface area contributed by atoms with Crippen LogP contribution in [0.2, 0.25) is 0 Å². The summed E-state index contributed by atoms with van der Waals surface area (Å²) in [5.74, 6) is -0.748. The van der Waals surface area contributed by atoms with Gasteiger partial charge >= 0.3 is 0 Å². The lowest BCUT2D eigenvalue weighted by Crippen LogP contribution is -2.15. The zero-order valence-electron chi connectivity index (χ0n) is 13.6. The van der Waals surface area contributed by atoms with Gasteiger partial charge in [-0.1, -0.05) is 48.5 Å². The topological polar surface area (TPSA) is 89.3 Å². The van der Waals surface area contributed by atoms with Crippen molar-refractivity contribution in [2.24, 2.45) is 0 Å². The van der Waals surface area contributed by atoms with Crippen LogP contribution in [0.25, 0.3) is 0 Å². The molecule has 0 aliphatic heterocycles. The minimum absolute atomic E-state index is 0.140. The molecule has 0 saturated carbocycles. The minimum atomic E-state index is -0.566. The molecule has 0 saturated heterocycles. The molecule has 1 N–H and O–H groups in total. The Bertz CT molecular complexity index is 984. The lowest BCUT2D eigenvalue weighted by molar-refractivity contribution is -0.384. The highest BCUT2D eigenvalue weighted by atomic mass is 16.6. The van der Waals surface area contributed by atoms with Crippen molar-refractivity contribution in [3.63, 3.8) is 0 Å². The summed E-state index contributed by atoms with van der Waals surface area (Å²) in [5, 5.41) is 13.5. The molecule has 0 bridgehead atoms. The fourth-order valence-corrected chi connectivity index (χ4v) is 2.49. The summed E-state index contributed by atoms with van der Waals surface area (Å²) in [6.45, 7) is 0. The lowest BCUT2D eigenvalue weighted by atomic mass is 10.0. The number of amides is 1. The van der Waals surface area contributed by atoms with Crippen LogP contribution in [-0.2, 0) is 0 Å². The Balaban J connectivity index is 1.89. The molecular formula is C20H14N2O4. The van der Waals surface area contributed by atoms with E-state index in [1.165, 1.54) is 24.3 Å². The average Bonchev–Trinajstić information content (AvgIpc) is 2.68. The van der Waals surface area contributed by atoms with Crippen molar-refractivity contribution in [3.8, 4) is 0 Å². The fourth-order valence-electron chi connectivity index (χ4n) is 2.49. The first-order chi connectivity index (χ1) is 12.6. The first-order valence-corrected chi connectivity index (χ1v) is 7.81. The molecule has 6 heteroatoms. The predicted octanol–water partition coefficient (Wildman–Crippen LogP) is 4.08. The average molecular weight is 346 g/mol. The van der Waals surface area contributed by atoms with Crippen molar-refractivity contribution in [2.45, 2.75) is 0 Å². The second-order valence-electron chi connectivity index (χ2n) is 5.50. The Morgan fingerprint density at radius 2 is 1.46 bits per heavy atom. The molecule has 0 atom stereocenters. The molecule has 1 amide bonds. The van der Waals surface area contributed by atoms with Crippen LogP contribution in [0.5, 0.6) is 0 Å². The van der Waals surface area contributed by atoms with Crippen LogP contribution in [-0.4, -0.2) is 16.6 Å². The number of nitro groups is 1. The molecule has 26 heavy (non-hydrogen) atoms. The summed E-state index contributed by atoms with van der Waals surface area (Å²) < 4.78 is 0. The lowest BCUT2D eigenvalue weighted by Gasteiger charge is -2.10. The third kappa shape index (κ3) is 3.64. The minimum Gasteiger partial charge on any atom is -0.321 e. The van der Waals surface area contributed by atoms with Gasteiger partial charge in [-0.15, -0.1) is 0 Å². The molecule has 0 spiro atoms. The molecule has 128 valence electrons. The maximum absolute atomic E-state index is 12.7. The zero-order valence-corrected chi connectivity index (χ0v) is 13.6. The van der Waals surface area contributed by atoms with Crippen LogP contribution >= 0.6 is 0 Å². The van der Waals surface area contributed by atoms with Gasteiger partial charge in [-0.3, -0.25) is 19.7 Å². The monoisotopic (exact) mass is 346 g/mol. The normalized spacial score (nSPS) is 10.2. The van der Waals surface area contributed by atoms with Gasteiger partial charge in [0, 0.05) is 28.8 Å². The SMILES string of the molecule is O=C(Nc1ccccc1C(=O)c1ccccc1)c1cccc([N+](=O)[O-])c1. The van der Waals surface area contributed by atoms with Crippen LogP contribution in [0, 0.1) is 10.1 Å². The summed E-state index contributed by atoms with van der Waals surface area (Å²) in [5.41, 5.74) is 1.16. The molecule has 0 heterocycles. The van der Waals surface area contributed by atoms with Crippen molar-refractivity contribution in [1.29, 1.82) is 0 Å². The smallest absolute Gasteiger partial charge is 0.270 e. The fraction of sp³-hybridized carbons (Fsp3) is 0. The van der Waals surface area contributed by atoms with E-state index < -0.39 is 10.8 Å². The number of ketones is 1. The van der Waals surface area contributed by atoms with E-state index in [4.69, 9.17) is 0 Å². The summed E-state index contributed by atoms with van der Waals surface area (Å²) >= 11 is 0. The van der Waals surface area contributed by atoms with Crippen LogP contribution in [0.4, 0.5) is 11.4 Å². The first-order valence-electron chi connectivity index (χ1n) is 7.81. The van der Waals surface area contributed by atoms with E-state index >= 15 is 0 Å². The van der Waals surface area contributed by atoms with Gasteiger partial charge in [0.05, 0.1) is 10.6 Å². The largest absolute Gasteiger partial charge is 0.321 e. The highest BCUT2D eigenvalue weighted by Crippen LogP contribution is 2.21. The molecule has 0 unspecified atom stereocenters. The summed E-state index contributed by atoms with van der Waals surface area (Å²) in [6, 6.07) is 20.8. The Morgan fingerprint density at radius 1 is 0.808 bits per heavy atom. The predicted molar refractivity (Wildman–Crippen MR) is 97.4 cm³/mol. The van der Waals surface area contributed by atoms with Crippen LogP contribution in [0.3, 0.4) is 0 Å². The molecule has 0 aliphatic rings. The highest BCUT2D eigenvalue weighted by Gasteiger charge is 2.16. The van der Waals surface area contributed by atoms with Crippen molar-refractivity contribution in [2.75, 3.05) is 5.32 Å². The quantitative estimate of drug-likeness (QED) is 0.428. The summed E-state index contributed by atoms with van der Waals surface area (Å²) in [7, 11) is 0. The number of nitrogens with one attached hydrogen (secondary N) is 1. The van der Waals surface area contributed by atoms with Gasteiger partial charge < -0.3 is 5.32 Å². The maximum atomic E-state index is 12.7. The Hall–Kier alpha value is -3.80. The molecule has 3 aromatic carbocycles. The second kappa shape index (κ2) is 7.40. The third-order valence-electron chi connectivity index (χ3n) is 3.78. The van der Waals surface area contributed by atoms with E-state index in [0.29, 0.717) is 16.8 Å².